The molecular formula is C32H35N3O4S. The molecule has 2 fully saturated rings. The van der Waals surface area contributed by atoms with E-state index in [0.717, 1.165) is 77.1 Å². The number of aromatic nitrogens is 1. The number of nitrogens with zero attached hydrogens (tertiary/aromatic N) is 2. The standard InChI is InChI=1S/C32H35N3O4S/c1-21-11-13-24(14-12-21)35-27(36)16-15-26-29(33-23-8-5-7-22(2)19-23)30(40-32(26)35)31(37)34-17-6-9-25(34)20-39-28-10-3-4-18-38-28/h5,7-8,11-16,19,25,28,33H,3-4,6,9-10,17-18,20H2,1-2H3/t25-,28?/m1/s1. The van der Waals surface area contributed by atoms with Crippen LogP contribution < -0.4 is 10.9 Å². The molecule has 1 N–H and O–H groups in total. The van der Waals surface area contributed by atoms with Crippen molar-refractivity contribution >= 4 is 38.8 Å². The molecule has 2 aromatic carbocycles. The average molecular weight is 558 g/mol. The summed E-state index contributed by atoms with van der Waals surface area (Å²) in [5, 5.41) is 4.39. The van der Waals surface area contributed by atoms with Crippen LogP contribution in [-0.4, -0.2) is 47.5 Å². The second-order valence-electron chi connectivity index (χ2n) is 10.8. The number of amides is 1. The van der Waals surface area contributed by atoms with Crippen LogP contribution in [0, 0.1) is 13.8 Å². The molecule has 1 amide bonds. The molecule has 0 spiro atoms. The van der Waals surface area contributed by atoms with Crippen molar-refractivity contribution < 1.29 is 14.3 Å². The zero-order valence-corrected chi connectivity index (χ0v) is 23.8. The monoisotopic (exact) mass is 557 g/mol. The Kier molecular flexibility index (Phi) is 7.74. The number of nitrogens with one attached hydrogen (secondary N) is 1. The zero-order chi connectivity index (χ0) is 27.6. The van der Waals surface area contributed by atoms with Gasteiger partial charge >= 0.3 is 0 Å². The summed E-state index contributed by atoms with van der Waals surface area (Å²) in [7, 11) is 0. The Hall–Kier alpha value is -3.46. The maximum atomic E-state index is 14.3. The number of carbonyl (C=O) groups excluding carboxylic acids is 1. The fourth-order valence-electron chi connectivity index (χ4n) is 5.63. The van der Waals surface area contributed by atoms with Crippen LogP contribution in [0.5, 0.6) is 0 Å². The summed E-state index contributed by atoms with van der Waals surface area (Å²) in [5.41, 5.74) is 4.53. The van der Waals surface area contributed by atoms with E-state index in [4.69, 9.17) is 9.47 Å². The van der Waals surface area contributed by atoms with Gasteiger partial charge in [0.2, 0.25) is 0 Å². The van der Waals surface area contributed by atoms with Crippen LogP contribution >= 0.6 is 11.3 Å². The highest BCUT2D eigenvalue weighted by Gasteiger charge is 2.34. The number of likely N-dealkylation sites (tertiary alicyclic amines) is 1. The van der Waals surface area contributed by atoms with E-state index in [1.165, 1.54) is 11.3 Å². The van der Waals surface area contributed by atoms with Gasteiger partial charge in [-0.1, -0.05) is 29.8 Å². The van der Waals surface area contributed by atoms with E-state index in [1.54, 1.807) is 10.6 Å². The molecule has 0 saturated carbocycles. The molecule has 2 atom stereocenters. The van der Waals surface area contributed by atoms with Gasteiger partial charge in [-0.15, -0.1) is 11.3 Å². The Labute approximate surface area is 238 Å². The number of aryl methyl sites for hydroxylation is 2. The second kappa shape index (κ2) is 11.6. The highest BCUT2D eigenvalue weighted by molar-refractivity contribution is 7.21. The first-order valence-electron chi connectivity index (χ1n) is 14.1. The molecule has 0 radical (unpaired) electrons. The van der Waals surface area contributed by atoms with E-state index < -0.39 is 0 Å². The van der Waals surface area contributed by atoms with E-state index in [1.807, 2.05) is 67.3 Å². The normalized spacial score (nSPS) is 19.3. The van der Waals surface area contributed by atoms with Gasteiger partial charge in [0.05, 0.1) is 24.0 Å². The molecule has 4 heterocycles. The van der Waals surface area contributed by atoms with E-state index in [9.17, 15) is 9.59 Å². The van der Waals surface area contributed by atoms with E-state index in [2.05, 4.69) is 11.4 Å². The topological polar surface area (TPSA) is 72.8 Å². The Morgan fingerprint density at radius 1 is 1.02 bits per heavy atom. The Bertz CT molecular complexity index is 1570. The second-order valence-corrected chi connectivity index (χ2v) is 11.8. The highest BCUT2D eigenvalue weighted by Crippen LogP contribution is 2.40. The quantitative estimate of drug-likeness (QED) is 0.279. The minimum absolute atomic E-state index is 0.00523. The van der Waals surface area contributed by atoms with Crippen molar-refractivity contribution in [3.63, 3.8) is 0 Å². The molecular weight excluding hydrogens is 522 g/mol. The van der Waals surface area contributed by atoms with Gasteiger partial charge in [-0.05, 0) is 81.8 Å². The lowest BCUT2D eigenvalue weighted by atomic mass is 10.1. The minimum atomic E-state index is -0.182. The van der Waals surface area contributed by atoms with Crippen LogP contribution in [0.15, 0.2) is 65.5 Å². The smallest absolute Gasteiger partial charge is 0.266 e. The van der Waals surface area contributed by atoms with Gasteiger partial charge in [-0.3, -0.25) is 14.2 Å². The molecule has 208 valence electrons. The third kappa shape index (κ3) is 5.44. The molecule has 8 heteroatoms. The third-order valence-electron chi connectivity index (χ3n) is 7.77. The molecule has 0 bridgehead atoms. The summed E-state index contributed by atoms with van der Waals surface area (Å²) in [6.45, 7) is 5.95. The maximum absolute atomic E-state index is 14.3. The van der Waals surface area contributed by atoms with Crippen molar-refractivity contribution in [2.24, 2.45) is 0 Å². The van der Waals surface area contributed by atoms with Gasteiger partial charge in [-0.25, -0.2) is 0 Å². The van der Waals surface area contributed by atoms with Crippen molar-refractivity contribution in [1.82, 2.24) is 9.47 Å². The van der Waals surface area contributed by atoms with Gasteiger partial charge in [0.1, 0.15) is 9.71 Å². The Balaban J connectivity index is 1.40. The van der Waals surface area contributed by atoms with Crippen molar-refractivity contribution in [3.8, 4) is 5.69 Å². The van der Waals surface area contributed by atoms with Gasteiger partial charge in [0.25, 0.3) is 11.5 Å². The first-order valence-corrected chi connectivity index (χ1v) is 14.9. The van der Waals surface area contributed by atoms with Crippen LogP contribution in [0.4, 0.5) is 11.4 Å². The number of ether oxygens (including phenoxy) is 2. The number of pyridine rings is 1. The lowest BCUT2D eigenvalue weighted by Gasteiger charge is -2.28. The number of rotatable bonds is 7. The molecule has 7 nitrogen and oxygen atoms in total. The number of benzene rings is 2. The molecule has 0 aliphatic carbocycles. The van der Waals surface area contributed by atoms with Gasteiger partial charge < -0.3 is 19.7 Å². The van der Waals surface area contributed by atoms with Crippen LogP contribution in [0.25, 0.3) is 15.9 Å². The molecule has 4 aromatic rings. The van der Waals surface area contributed by atoms with E-state index in [-0.39, 0.29) is 23.8 Å². The molecule has 2 aliphatic heterocycles. The van der Waals surface area contributed by atoms with Crippen molar-refractivity contribution in [2.45, 2.75) is 58.3 Å². The number of hydrogen-bond donors (Lipinski definition) is 1. The first-order chi connectivity index (χ1) is 19.5. The van der Waals surface area contributed by atoms with Crippen molar-refractivity contribution in [1.29, 1.82) is 0 Å². The van der Waals surface area contributed by atoms with Crippen LogP contribution in [-0.2, 0) is 9.47 Å². The fraction of sp³-hybridized carbons (Fsp3) is 0.375. The summed E-state index contributed by atoms with van der Waals surface area (Å²) in [6, 6.07) is 19.4. The summed E-state index contributed by atoms with van der Waals surface area (Å²) < 4.78 is 13.6. The van der Waals surface area contributed by atoms with Crippen LogP contribution in [0.2, 0.25) is 0 Å². The minimum Gasteiger partial charge on any atom is -0.354 e. The Morgan fingerprint density at radius 3 is 2.65 bits per heavy atom. The summed E-state index contributed by atoms with van der Waals surface area (Å²) >= 11 is 1.37. The number of hydrogen-bond acceptors (Lipinski definition) is 6. The van der Waals surface area contributed by atoms with Gasteiger partial charge in [0.15, 0.2) is 6.29 Å². The average Bonchev–Trinajstić information content (AvgIpc) is 3.58. The zero-order valence-electron chi connectivity index (χ0n) is 23.0. The molecule has 1 unspecified atom stereocenters. The number of carbonyl (C=O) groups is 1. The first kappa shape index (κ1) is 26.7. The molecule has 2 aliphatic rings. The van der Waals surface area contributed by atoms with Crippen molar-refractivity contribution in [2.75, 3.05) is 25.1 Å². The largest absolute Gasteiger partial charge is 0.354 e. The molecule has 6 rings (SSSR count). The summed E-state index contributed by atoms with van der Waals surface area (Å²) in [5.74, 6) is -0.0325. The van der Waals surface area contributed by atoms with Crippen LogP contribution in [0.1, 0.15) is 52.9 Å². The summed E-state index contributed by atoms with van der Waals surface area (Å²) in [6.07, 6.45) is 4.74. The van der Waals surface area contributed by atoms with Gasteiger partial charge in [-0.2, -0.15) is 0 Å². The maximum Gasteiger partial charge on any atom is 0.266 e. The lowest BCUT2D eigenvalue weighted by Crippen LogP contribution is -2.39. The predicted octanol–water partition coefficient (Wildman–Crippen LogP) is 6.56. The SMILES string of the molecule is Cc1ccc(-n2c(=O)ccc3c(Nc4cccc(C)c4)c(C(=O)N4CCC[C@@H]4COC4CCCCO4)sc32)cc1. The summed E-state index contributed by atoms with van der Waals surface area (Å²) in [4.78, 5) is 30.7. The third-order valence-corrected chi connectivity index (χ3v) is 8.94. The van der Waals surface area contributed by atoms with Gasteiger partial charge in [0, 0.05) is 30.3 Å². The molecule has 2 saturated heterocycles. The van der Waals surface area contributed by atoms with Crippen molar-refractivity contribution in [3.05, 3.63) is 87.0 Å². The van der Waals surface area contributed by atoms with E-state index >= 15 is 0 Å². The predicted molar refractivity (Wildman–Crippen MR) is 160 cm³/mol. The number of anilines is 2. The molecule has 2 aromatic heterocycles. The lowest BCUT2D eigenvalue weighted by molar-refractivity contribution is -0.168. The fourth-order valence-corrected chi connectivity index (χ4v) is 6.86. The Morgan fingerprint density at radius 2 is 1.88 bits per heavy atom. The van der Waals surface area contributed by atoms with E-state index in [0.29, 0.717) is 18.0 Å². The molecule has 40 heavy (non-hydrogen) atoms. The number of thiophene rings is 1. The van der Waals surface area contributed by atoms with Crippen LogP contribution in [0.3, 0.4) is 0 Å². The number of fused-ring (bicyclic) bond motifs is 1. The highest BCUT2D eigenvalue weighted by atomic mass is 32.1.